The van der Waals surface area contributed by atoms with Crippen molar-refractivity contribution in [3.8, 4) is 11.1 Å². The Bertz CT molecular complexity index is 592. The van der Waals surface area contributed by atoms with E-state index in [-0.39, 0.29) is 5.97 Å². The highest BCUT2D eigenvalue weighted by Gasteiger charge is 2.11. The first-order valence-corrected chi connectivity index (χ1v) is 7.00. The molecule has 2 heteroatoms. The van der Waals surface area contributed by atoms with Crippen LogP contribution in [0, 0.1) is 0 Å². The zero-order chi connectivity index (χ0) is 14.5. The van der Waals surface area contributed by atoms with Crippen LogP contribution >= 0.6 is 0 Å². The lowest BCUT2D eigenvalue weighted by Gasteiger charge is -2.14. The standard InChI is InChI=1S/C18H20O2/c1-4-13-8-6-9-14(5-2)17(13)15-10-7-11-16(12-15)18(19)20-3/h6-12H,4-5H2,1-3H3. The van der Waals surface area contributed by atoms with Gasteiger partial charge in [-0.05, 0) is 47.2 Å². The van der Waals surface area contributed by atoms with Crippen molar-refractivity contribution in [2.45, 2.75) is 26.7 Å². The summed E-state index contributed by atoms with van der Waals surface area (Å²) in [4.78, 5) is 11.7. The minimum Gasteiger partial charge on any atom is -0.465 e. The van der Waals surface area contributed by atoms with Crippen LogP contribution in [0.25, 0.3) is 11.1 Å². The van der Waals surface area contributed by atoms with Gasteiger partial charge in [-0.3, -0.25) is 0 Å². The molecule has 0 aliphatic rings. The number of hydrogen-bond acceptors (Lipinski definition) is 2. The maximum Gasteiger partial charge on any atom is 0.337 e. The van der Waals surface area contributed by atoms with Gasteiger partial charge in [0.1, 0.15) is 0 Å². The van der Waals surface area contributed by atoms with Gasteiger partial charge in [-0.15, -0.1) is 0 Å². The molecule has 20 heavy (non-hydrogen) atoms. The first-order valence-electron chi connectivity index (χ1n) is 7.00. The molecule has 0 spiro atoms. The number of esters is 1. The molecule has 0 bridgehead atoms. The van der Waals surface area contributed by atoms with E-state index in [9.17, 15) is 4.79 Å². The zero-order valence-corrected chi connectivity index (χ0v) is 12.3. The smallest absolute Gasteiger partial charge is 0.337 e. The number of rotatable bonds is 4. The van der Waals surface area contributed by atoms with Crippen molar-refractivity contribution in [2.75, 3.05) is 7.11 Å². The Morgan fingerprint density at radius 1 is 1.00 bits per heavy atom. The maximum absolute atomic E-state index is 11.7. The largest absolute Gasteiger partial charge is 0.465 e. The van der Waals surface area contributed by atoms with Gasteiger partial charge in [-0.25, -0.2) is 4.79 Å². The van der Waals surface area contributed by atoms with Gasteiger partial charge in [-0.1, -0.05) is 44.2 Å². The highest BCUT2D eigenvalue weighted by Crippen LogP contribution is 2.29. The number of ether oxygens (including phenoxy) is 1. The third-order valence-corrected chi connectivity index (χ3v) is 3.57. The number of benzene rings is 2. The second-order valence-electron chi connectivity index (χ2n) is 4.73. The molecule has 0 heterocycles. The first kappa shape index (κ1) is 14.3. The first-order chi connectivity index (χ1) is 9.71. The minimum absolute atomic E-state index is 0.293. The zero-order valence-electron chi connectivity index (χ0n) is 12.3. The van der Waals surface area contributed by atoms with E-state index in [1.165, 1.54) is 23.8 Å². The Labute approximate surface area is 120 Å². The van der Waals surface area contributed by atoms with E-state index in [4.69, 9.17) is 4.74 Å². The van der Waals surface area contributed by atoms with E-state index in [1.807, 2.05) is 12.1 Å². The maximum atomic E-state index is 11.7. The molecule has 2 nitrogen and oxygen atoms in total. The minimum atomic E-state index is -0.293. The van der Waals surface area contributed by atoms with Crippen LogP contribution in [0.1, 0.15) is 35.3 Å². The van der Waals surface area contributed by atoms with Gasteiger partial charge in [0.05, 0.1) is 12.7 Å². The van der Waals surface area contributed by atoms with E-state index in [2.05, 4.69) is 38.1 Å². The SMILES string of the molecule is CCc1cccc(CC)c1-c1cccc(C(=O)OC)c1. The normalized spacial score (nSPS) is 10.3. The summed E-state index contributed by atoms with van der Waals surface area (Å²) in [5.41, 5.74) is 5.56. The van der Waals surface area contributed by atoms with Crippen LogP contribution in [0.3, 0.4) is 0 Å². The summed E-state index contributed by atoms with van der Waals surface area (Å²) < 4.78 is 4.80. The van der Waals surface area contributed by atoms with E-state index >= 15 is 0 Å². The molecule has 0 aliphatic carbocycles. The Balaban J connectivity index is 2.59. The summed E-state index contributed by atoms with van der Waals surface area (Å²) in [6.45, 7) is 4.31. The number of hydrogen-bond donors (Lipinski definition) is 0. The number of aryl methyl sites for hydroxylation is 2. The Morgan fingerprint density at radius 3 is 2.15 bits per heavy atom. The second kappa shape index (κ2) is 6.38. The van der Waals surface area contributed by atoms with Crippen LogP contribution in [0.4, 0.5) is 0 Å². The number of methoxy groups -OCH3 is 1. The van der Waals surface area contributed by atoms with Gasteiger partial charge >= 0.3 is 5.97 Å². The molecule has 0 aliphatic heterocycles. The van der Waals surface area contributed by atoms with Crippen LogP contribution in [0.5, 0.6) is 0 Å². The van der Waals surface area contributed by atoms with Crippen LogP contribution in [-0.4, -0.2) is 13.1 Å². The average molecular weight is 268 g/mol. The van der Waals surface area contributed by atoms with E-state index < -0.39 is 0 Å². The lowest BCUT2D eigenvalue weighted by Crippen LogP contribution is -2.02. The van der Waals surface area contributed by atoms with Crippen molar-refractivity contribution in [2.24, 2.45) is 0 Å². The van der Waals surface area contributed by atoms with Gasteiger partial charge in [0, 0.05) is 0 Å². The van der Waals surface area contributed by atoms with E-state index in [0.29, 0.717) is 5.56 Å². The summed E-state index contributed by atoms with van der Waals surface area (Å²) in [6.07, 6.45) is 1.96. The summed E-state index contributed by atoms with van der Waals surface area (Å²) in [5.74, 6) is -0.293. The highest BCUT2D eigenvalue weighted by atomic mass is 16.5. The Hall–Kier alpha value is -2.09. The van der Waals surface area contributed by atoms with Crippen molar-refractivity contribution in [3.05, 3.63) is 59.2 Å². The molecule has 0 saturated carbocycles. The molecular weight excluding hydrogens is 248 g/mol. The van der Waals surface area contributed by atoms with Crippen molar-refractivity contribution in [1.82, 2.24) is 0 Å². The molecule has 2 aromatic carbocycles. The molecular formula is C18H20O2. The van der Waals surface area contributed by atoms with Crippen molar-refractivity contribution < 1.29 is 9.53 Å². The summed E-state index contributed by atoms with van der Waals surface area (Å²) in [6, 6.07) is 14.1. The predicted octanol–water partition coefficient (Wildman–Crippen LogP) is 4.27. The van der Waals surface area contributed by atoms with Crippen LogP contribution in [0.2, 0.25) is 0 Å². The lowest BCUT2D eigenvalue weighted by atomic mass is 9.91. The van der Waals surface area contributed by atoms with E-state index in [1.54, 1.807) is 6.07 Å². The second-order valence-corrected chi connectivity index (χ2v) is 4.73. The summed E-state index contributed by atoms with van der Waals surface area (Å²) in [5, 5.41) is 0. The van der Waals surface area contributed by atoms with Crippen LogP contribution in [0.15, 0.2) is 42.5 Å². The number of carbonyl (C=O) groups excluding carboxylic acids is 1. The Kier molecular flexibility index (Phi) is 4.57. The van der Waals surface area contributed by atoms with Crippen molar-refractivity contribution in [1.29, 1.82) is 0 Å². The summed E-state index contributed by atoms with van der Waals surface area (Å²) >= 11 is 0. The predicted molar refractivity (Wildman–Crippen MR) is 82.0 cm³/mol. The van der Waals surface area contributed by atoms with E-state index in [0.717, 1.165) is 18.4 Å². The topological polar surface area (TPSA) is 26.3 Å². The van der Waals surface area contributed by atoms with Gasteiger partial charge in [0.25, 0.3) is 0 Å². The molecule has 0 unspecified atom stereocenters. The number of carbonyl (C=O) groups is 1. The van der Waals surface area contributed by atoms with Gasteiger partial charge in [0.2, 0.25) is 0 Å². The van der Waals surface area contributed by atoms with Crippen LogP contribution in [-0.2, 0) is 17.6 Å². The molecule has 2 aromatic rings. The van der Waals surface area contributed by atoms with Gasteiger partial charge < -0.3 is 4.74 Å². The molecule has 0 fully saturated rings. The third-order valence-electron chi connectivity index (χ3n) is 3.57. The van der Waals surface area contributed by atoms with Gasteiger partial charge in [0.15, 0.2) is 0 Å². The van der Waals surface area contributed by atoms with Gasteiger partial charge in [-0.2, -0.15) is 0 Å². The fourth-order valence-electron chi connectivity index (χ4n) is 2.53. The molecule has 0 aromatic heterocycles. The molecule has 0 saturated heterocycles. The van der Waals surface area contributed by atoms with Crippen LogP contribution < -0.4 is 0 Å². The fraction of sp³-hybridized carbons (Fsp3) is 0.278. The molecule has 0 N–H and O–H groups in total. The molecule has 104 valence electrons. The third kappa shape index (κ3) is 2.74. The average Bonchev–Trinajstić information content (AvgIpc) is 2.53. The molecule has 2 rings (SSSR count). The lowest BCUT2D eigenvalue weighted by molar-refractivity contribution is 0.0601. The molecule has 0 amide bonds. The highest BCUT2D eigenvalue weighted by molar-refractivity contribution is 5.91. The van der Waals surface area contributed by atoms with Crippen molar-refractivity contribution in [3.63, 3.8) is 0 Å². The quantitative estimate of drug-likeness (QED) is 0.774. The monoisotopic (exact) mass is 268 g/mol. The molecule has 0 radical (unpaired) electrons. The van der Waals surface area contributed by atoms with Crippen molar-refractivity contribution >= 4 is 5.97 Å². The molecule has 0 atom stereocenters. The summed E-state index contributed by atoms with van der Waals surface area (Å²) in [7, 11) is 1.41. The Morgan fingerprint density at radius 2 is 1.60 bits per heavy atom. The fourth-order valence-corrected chi connectivity index (χ4v) is 2.53.